The molecule has 1 N–H and O–H groups in total. The minimum Gasteiger partial charge on any atom is -0.453 e. The Balaban J connectivity index is 1.58. The molecule has 31 heavy (non-hydrogen) atoms. The zero-order valence-corrected chi connectivity index (χ0v) is 19.1. The first-order chi connectivity index (χ1) is 15.0. The van der Waals surface area contributed by atoms with E-state index in [-0.39, 0.29) is 17.8 Å². The van der Waals surface area contributed by atoms with Crippen LogP contribution in [0.1, 0.15) is 29.2 Å². The number of ether oxygens (including phenoxy) is 1. The summed E-state index contributed by atoms with van der Waals surface area (Å²) < 4.78 is 21.7. The Morgan fingerprint density at radius 1 is 1.06 bits per heavy atom. The molecular weight excluding hydrogens is 529 g/mol. The Morgan fingerprint density at radius 2 is 1.81 bits per heavy atom. The molecule has 0 saturated carbocycles. The number of nitrogens with zero attached hydrogens (tertiary/aromatic N) is 2. The van der Waals surface area contributed by atoms with Gasteiger partial charge in [-0.15, -0.1) is 0 Å². The molecule has 1 spiro atoms. The van der Waals surface area contributed by atoms with E-state index < -0.39 is 5.72 Å². The largest absolute Gasteiger partial charge is 0.453 e. The fraction of sp³-hybridized carbons (Fsp3) is 0.130. The lowest BCUT2D eigenvalue weighted by atomic mass is 9.92. The highest BCUT2D eigenvalue weighted by atomic mass is 79.9. The van der Waals surface area contributed by atoms with E-state index in [4.69, 9.17) is 9.84 Å². The van der Waals surface area contributed by atoms with E-state index in [1.165, 1.54) is 12.1 Å². The van der Waals surface area contributed by atoms with Gasteiger partial charge in [-0.2, -0.15) is 5.10 Å². The minimum absolute atomic E-state index is 0.211. The summed E-state index contributed by atoms with van der Waals surface area (Å²) in [6.45, 7) is 0. The third-order valence-electron chi connectivity index (χ3n) is 5.90. The third-order valence-corrected chi connectivity index (χ3v) is 6.89. The Bertz CT molecular complexity index is 1290. The summed E-state index contributed by atoms with van der Waals surface area (Å²) in [5.41, 5.74) is 2.50. The van der Waals surface area contributed by atoms with Crippen LogP contribution in [0.25, 0.3) is 0 Å². The number of hydrazone groups is 1. The van der Waals surface area contributed by atoms with Crippen LogP contribution in [0.5, 0.6) is 5.75 Å². The van der Waals surface area contributed by atoms with Gasteiger partial charge in [-0.3, -0.25) is 4.79 Å². The van der Waals surface area contributed by atoms with E-state index in [1.54, 1.807) is 17.1 Å². The van der Waals surface area contributed by atoms with Crippen molar-refractivity contribution < 1.29 is 13.9 Å². The number of hydrogen-bond donors (Lipinski definition) is 1. The average molecular weight is 543 g/mol. The van der Waals surface area contributed by atoms with Crippen molar-refractivity contribution >= 4 is 49.2 Å². The average Bonchev–Trinajstić information content (AvgIpc) is 3.31. The number of carbonyl (C=O) groups excluding carboxylic acids is 1. The molecule has 5 nitrogen and oxygen atoms in total. The molecule has 0 unspecified atom stereocenters. The number of benzene rings is 3. The summed E-state index contributed by atoms with van der Waals surface area (Å²) in [5, 5.41) is 9.57. The summed E-state index contributed by atoms with van der Waals surface area (Å²) >= 11 is 7.05. The molecule has 0 bridgehead atoms. The normalized spacial score (nSPS) is 23.1. The summed E-state index contributed by atoms with van der Waals surface area (Å²) in [6, 6.07) is 17.4. The Kier molecular flexibility index (Phi) is 4.07. The van der Waals surface area contributed by atoms with Gasteiger partial charge in [-0.1, -0.05) is 44.0 Å². The maximum atomic E-state index is 13.5. The van der Waals surface area contributed by atoms with Gasteiger partial charge in [0.15, 0.2) is 0 Å². The minimum atomic E-state index is -1.42. The molecule has 1 amide bonds. The fourth-order valence-electron chi connectivity index (χ4n) is 4.50. The molecule has 154 valence electrons. The van der Waals surface area contributed by atoms with Crippen LogP contribution in [-0.2, 0) is 10.5 Å². The van der Waals surface area contributed by atoms with E-state index in [9.17, 15) is 9.18 Å². The van der Waals surface area contributed by atoms with Gasteiger partial charge >= 0.3 is 5.72 Å². The molecule has 3 aliphatic heterocycles. The zero-order valence-electron chi connectivity index (χ0n) is 15.9. The Labute approximate surface area is 194 Å². The van der Waals surface area contributed by atoms with Gasteiger partial charge in [-0.05, 0) is 54.1 Å². The van der Waals surface area contributed by atoms with Crippen molar-refractivity contribution in [2.45, 2.75) is 18.2 Å². The van der Waals surface area contributed by atoms with E-state index >= 15 is 0 Å². The van der Waals surface area contributed by atoms with Gasteiger partial charge < -0.3 is 10.1 Å². The highest BCUT2D eigenvalue weighted by Crippen LogP contribution is 2.54. The number of amides is 1. The molecule has 0 radical (unpaired) electrons. The molecule has 6 rings (SSSR count). The van der Waals surface area contributed by atoms with Gasteiger partial charge in [0.25, 0.3) is 5.91 Å². The second kappa shape index (κ2) is 6.64. The fourth-order valence-corrected chi connectivity index (χ4v) is 5.24. The molecule has 0 fully saturated rings. The lowest BCUT2D eigenvalue weighted by molar-refractivity contribution is -0.161. The van der Waals surface area contributed by atoms with Crippen molar-refractivity contribution in [2.75, 3.05) is 5.32 Å². The Morgan fingerprint density at radius 3 is 2.61 bits per heavy atom. The van der Waals surface area contributed by atoms with Crippen LogP contribution >= 0.6 is 31.9 Å². The van der Waals surface area contributed by atoms with E-state index in [2.05, 4.69) is 37.2 Å². The zero-order chi connectivity index (χ0) is 21.3. The van der Waals surface area contributed by atoms with Crippen molar-refractivity contribution in [3.8, 4) is 5.75 Å². The lowest BCUT2D eigenvalue weighted by Crippen LogP contribution is -2.55. The van der Waals surface area contributed by atoms with Crippen molar-refractivity contribution in [1.82, 2.24) is 5.01 Å². The van der Waals surface area contributed by atoms with E-state index in [1.807, 2.05) is 36.4 Å². The number of rotatable bonds is 1. The van der Waals surface area contributed by atoms with Crippen LogP contribution in [0.15, 0.2) is 74.7 Å². The highest BCUT2D eigenvalue weighted by molar-refractivity contribution is 9.10. The van der Waals surface area contributed by atoms with Crippen LogP contribution in [0.4, 0.5) is 10.1 Å². The summed E-state index contributed by atoms with van der Waals surface area (Å²) in [4.78, 5) is 13.4. The second-order valence-corrected chi connectivity index (χ2v) is 9.52. The topological polar surface area (TPSA) is 53.9 Å². The molecule has 2 atom stereocenters. The quantitative estimate of drug-likeness (QED) is 0.429. The van der Waals surface area contributed by atoms with Gasteiger partial charge in [0.1, 0.15) is 11.6 Å². The molecule has 3 aromatic carbocycles. The van der Waals surface area contributed by atoms with E-state index in [0.29, 0.717) is 23.4 Å². The van der Waals surface area contributed by atoms with Crippen molar-refractivity contribution in [3.63, 3.8) is 0 Å². The maximum absolute atomic E-state index is 13.5. The molecule has 0 aliphatic carbocycles. The number of halogens is 3. The Hall–Kier alpha value is -2.71. The summed E-state index contributed by atoms with van der Waals surface area (Å²) in [5.74, 6) is 0.0503. The highest BCUT2D eigenvalue weighted by Gasteiger charge is 2.61. The van der Waals surface area contributed by atoms with Gasteiger partial charge in [-0.25, -0.2) is 9.40 Å². The molecule has 0 saturated heterocycles. The maximum Gasteiger partial charge on any atom is 0.306 e. The predicted octanol–water partition coefficient (Wildman–Crippen LogP) is 5.70. The molecule has 3 aromatic rings. The van der Waals surface area contributed by atoms with Crippen LogP contribution < -0.4 is 10.1 Å². The van der Waals surface area contributed by atoms with Gasteiger partial charge in [0.2, 0.25) is 0 Å². The van der Waals surface area contributed by atoms with Crippen molar-refractivity contribution in [2.24, 2.45) is 5.10 Å². The molecule has 3 aliphatic rings. The second-order valence-electron chi connectivity index (χ2n) is 7.69. The first-order valence-corrected chi connectivity index (χ1v) is 11.3. The number of hydrogen-bond acceptors (Lipinski definition) is 4. The number of anilines is 1. The molecule has 0 aromatic heterocycles. The monoisotopic (exact) mass is 541 g/mol. The molecular formula is C23H14Br2FN3O2. The molecule has 3 heterocycles. The predicted molar refractivity (Wildman–Crippen MR) is 121 cm³/mol. The SMILES string of the molecule is O=C1Nc2ccc(Br)cc2[C@@]12Oc1ccc(Br)cc1[C@@H]1CC(c3ccc(F)cc3)=NN12. The van der Waals surface area contributed by atoms with Gasteiger partial charge in [0, 0.05) is 20.9 Å². The van der Waals surface area contributed by atoms with E-state index in [0.717, 1.165) is 25.8 Å². The van der Waals surface area contributed by atoms with Crippen LogP contribution in [-0.4, -0.2) is 16.6 Å². The smallest absolute Gasteiger partial charge is 0.306 e. The third kappa shape index (κ3) is 2.71. The van der Waals surface area contributed by atoms with Crippen molar-refractivity contribution in [1.29, 1.82) is 0 Å². The van der Waals surface area contributed by atoms with Crippen LogP contribution in [0, 0.1) is 5.82 Å². The molecule has 8 heteroatoms. The van der Waals surface area contributed by atoms with Crippen LogP contribution in [0.2, 0.25) is 0 Å². The first kappa shape index (κ1) is 19.0. The lowest BCUT2D eigenvalue weighted by Gasteiger charge is -2.44. The number of nitrogens with one attached hydrogen (secondary N) is 1. The summed E-state index contributed by atoms with van der Waals surface area (Å²) in [6.07, 6.45) is 0.566. The first-order valence-electron chi connectivity index (χ1n) is 9.68. The number of fused-ring (bicyclic) bond motifs is 6. The van der Waals surface area contributed by atoms with Crippen LogP contribution in [0.3, 0.4) is 0 Å². The van der Waals surface area contributed by atoms with Crippen molar-refractivity contribution in [3.05, 3.63) is 92.1 Å². The standard InChI is InChI=1S/C23H14Br2FN3O2/c24-13-4-8-21-16(9-13)20-11-19(12-1-5-15(26)6-2-12)28-29(20)23(31-21)17-10-14(25)3-7-18(17)27-22(23)30/h1-10,20H,11H2,(H,27,30)/t20-,23+/m0/s1. The van der Waals surface area contributed by atoms with Gasteiger partial charge in [0.05, 0.1) is 23.0 Å². The number of carbonyl (C=O) groups is 1. The summed E-state index contributed by atoms with van der Waals surface area (Å²) in [7, 11) is 0.